The van der Waals surface area contributed by atoms with Gasteiger partial charge in [0, 0.05) is 41.0 Å². The molecule has 154 valence electrons. The highest BCUT2D eigenvalue weighted by Crippen LogP contribution is 2.41. The van der Waals surface area contributed by atoms with Gasteiger partial charge in [0.15, 0.2) is 0 Å². The highest BCUT2D eigenvalue weighted by molar-refractivity contribution is 7.99. The van der Waals surface area contributed by atoms with Crippen LogP contribution in [0.1, 0.15) is 6.92 Å². The Labute approximate surface area is 179 Å². The predicted octanol–water partition coefficient (Wildman–Crippen LogP) is 3.92. The van der Waals surface area contributed by atoms with Crippen LogP contribution in [0.2, 0.25) is 0 Å². The normalized spacial score (nSPS) is 10.3. The number of pyridine rings is 1. The number of urea groups is 1. The zero-order valence-electron chi connectivity index (χ0n) is 16.8. The van der Waals surface area contributed by atoms with Gasteiger partial charge in [0.2, 0.25) is 5.88 Å². The van der Waals surface area contributed by atoms with Gasteiger partial charge in [0.25, 0.3) is 0 Å². The number of aromatic nitrogens is 3. The van der Waals surface area contributed by atoms with Crippen LogP contribution in [0.5, 0.6) is 5.88 Å². The first-order valence-electron chi connectivity index (χ1n) is 9.22. The number of carbonyl (C=O) groups excluding carboxylic acids is 1. The molecule has 0 spiro atoms. The molecule has 2 heterocycles. The summed E-state index contributed by atoms with van der Waals surface area (Å²) in [7, 11) is 1.56. The first kappa shape index (κ1) is 21.3. The van der Waals surface area contributed by atoms with Crippen LogP contribution in [0, 0.1) is 0 Å². The summed E-state index contributed by atoms with van der Waals surface area (Å²) in [6, 6.07) is 9.35. The van der Waals surface area contributed by atoms with Gasteiger partial charge in [-0.1, -0.05) is 6.07 Å². The molecule has 1 aromatic carbocycles. The molecule has 0 saturated carbocycles. The molecule has 0 aliphatic heterocycles. The Bertz CT molecular complexity index is 1030. The maximum atomic E-state index is 11.7. The number of methoxy groups -OCH3 is 1. The van der Waals surface area contributed by atoms with Crippen molar-refractivity contribution < 1.29 is 9.53 Å². The van der Waals surface area contributed by atoms with Crippen molar-refractivity contribution in [2.24, 2.45) is 4.99 Å². The second-order valence-corrected chi connectivity index (χ2v) is 7.03. The molecule has 2 amide bonds. The van der Waals surface area contributed by atoms with E-state index in [1.54, 1.807) is 25.6 Å². The predicted molar refractivity (Wildman–Crippen MR) is 119 cm³/mol. The van der Waals surface area contributed by atoms with Gasteiger partial charge in [-0.05, 0) is 37.4 Å². The van der Waals surface area contributed by atoms with Gasteiger partial charge in [-0.2, -0.15) is 0 Å². The van der Waals surface area contributed by atoms with Crippen LogP contribution < -0.4 is 15.4 Å². The van der Waals surface area contributed by atoms with E-state index in [-0.39, 0.29) is 6.03 Å². The van der Waals surface area contributed by atoms with E-state index >= 15 is 0 Å². The number of nitrogens with one attached hydrogen (secondary N) is 2. The van der Waals surface area contributed by atoms with Crippen LogP contribution >= 0.6 is 11.8 Å². The molecule has 3 aromatic rings. The number of aliphatic imine (C=N–C) groups is 1. The third kappa shape index (κ3) is 5.12. The molecule has 9 heteroatoms. The molecule has 0 radical (unpaired) electrons. The van der Waals surface area contributed by atoms with Crippen LogP contribution in [0.25, 0.3) is 22.4 Å². The lowest BCUT2D eigenvalue weighted by Gasteiger charge is -2.15. The van der Waals surface area contributed by atoms with Crippen molar-refractivity contribution in [2.45, 2.75) is 11.8 Å². The van der Waals surface area contributed by atoms with Gasteiger partial charge >= 0.3 is 6.03 Å². The lowest BCUT2D eigenvalue weighted by atomic mass is 10.0. The van der Waals surface area contributed by atoms with Crippen molar-refractivity contribution in [2.75, 3.05) is 19.5 Å². The van der Waals surface area contributed by atoms with Crippen molar-refractivity contribution in [1.29, 1.82) is 0 Å². The Kier molecular flexibility index (Phi) is 7.34. The molecule has 0 aliphatic rings. The molecule has 0 bridgehead atoms. The summed E-state index contributed by atoms with van der Waals surface area (Å²) in [5.74, 6) is 0.812. The fraction of sp³-hybridized carbons (Fsp3) is 0.190. The number of rotatable bonds is 8. The smallest absolute Gasteiger partial charge is 0.315 e. The van der Waals surface area contributed by atoms with Gasteiger partial charge < -0.3 is 15.4 Å². The van der Waals surface area contributed by atoms with Gasteiger partial charge in [-0.25, -0.2) is 14.8 Å². The summed E-state index contributed by atoms with van der Waals surface area (Å²) in [4.78, 5) is 29.5. The maximum absolute atomic E-state index is 11.7. The van der Waals surface area contributed by atoms with E-state index in [1.807, 2.05) is 31.2 Å². The minimum Gasteiger partial charge on any atom is -0.481 e. The Morgan fingerprint density at radius 2 is 2.10 bits per heavy atom. The van der Waals surface area contributed by atoms with Crippen LogP contribution in [0.4, 0.5) is 10.5 Å². The SMILES string of the molecule is C=Nc1cc(-c2cccnc2)cc(-c2cc(OC)ncn2)c1SCNC(=O)NCC. The zero-order valence-corrected chi connectivity index (χ0v) is 17.6. The zero-order chi connectivity index (χ0) is 21.3. The third-order valence-electron chi connectivity index (χ3n) is 4.15. The molecule has 2 N–H and O–H groups in total. The summed E-state index contributed by atoms with van der Waals surface area (Å²) >= 11 is 1.44. The maximum Gasteiger partial charge on any atom is 0.315 e. The van der Waals surface area contributed by atoms with Crippen molar-refractivity contribution in [1.82, 2.24) is 25.6 Å². The van der Waals surface area contributed by atoms with Gasteiger partial charge in [-0.3, -0.25) is 9.98 Å². The molecule has 0 atom stereocenters. The standard InChI is InChI=1S/C21H22N6O2S/c1-4-24-21(28)27-13-30-20-16(17-10-19(29-3)26-12-25-17)8-15(9-18(20)22-2)14-6-5-7-23-11-14/h5-12H,2,4,13H2,1,3H3,(H2,24,27,28). The first-order valence-corrected chi connectivity index (χ1v) is 10.2. The van der Waals surface area contributed by atoms with E-state index in [2.05, 4.69) is 37.3 Å². The monoisotopic (exact) mass is 422 g/mol. The van der Waals surface area contributed by atoms with E-state index in [0.717, 1.165) is 21.6 Å². The number of benzene rings is 1. The second kappa shape index (κ2) is 10.4. The summed E-state index contributed by atoms with van der Waals surface area (Å²) in [6.45, 7) is 6.15. The lowest BCUT2D eigenvalue weighted by Crippen LogP contribution is -2.34. The Hall–Kier alpha value is -3.46. The van der Waals surface area contributed by atoms with Crippen LogP contribution in [0.3, 0.4) is 0 Å². The van der Waals surface area contributed by atoms with Crippen molar-refractivity contribution in [3.8, 4) is 28.3 Å². The van der Waals surface area contributed by atoms with Gasteiger partial charge in [-0.15, -0.1) is 11.8 Å². The largest absolute Gasteiger partial charge is 0.481 e. The Morgan fingerprint density at radius 1 is 1.23 bits per heavy atom. The van der Waals surface area contributed by atoms with Crippen LogP contribution in [-0.4, -0.2) is 47.2 Å². The van der Waals surface area contributed by atoms with Gasteiger partial charge in [0.05, 0.1) is 24.4 Å². The highest BCUT2D eigenvalue weighted by atomic mass is 32.2. The molecule has 3 rings (SSSR count). The average molecular weight is 423 g/mol. The van der Waals surface area contributed by atoms with Crippen molar-refractivity contribution in [3.63, 3.8) is 0 Å². The van der Waals surface area contributed by atoms with Crippen LogP contribution in [0.15, 0.2) is 58.9 Å². The molecule has 0 saturated heterocycles. The number of hydrogen-bond donors (Lipinski definition) is 2. The number of thioether (sulfide) groups is 1. The first-order chi connectivity index (χ1) is 14.7. The van der Waals surface area contributed by atoms with Crippen molar-refractivity contribution in [3.05, 3.63) is 49.1 Å². The van der Waals surface area contributed by atoms with Crippen molar-refractivity contribution >= 4 is 30.2 Å². The lowest BCUT2D eigenvalue weighted by molar-refractivity contribution is 0.243. The molecule has 0 aliphatic carbocycles. The number of ether oxygens (including phenoxy) is 1. The number of amides is 2. The number of nitrogens with zero attached hydrogens (tertiary/aromatic N) is 4. The second-order valence-electron chi connectivity index (χ2n) is 6.04. The number of carbonyl (C=O) groups is 1. The highest BCUT2D eigenvalue weighted by Gasteiger charge is 2.16. The summed E-state index contributed by atoms with van der Waals surface area (Å²) < 4.78 is 5.26. The fourth-order valence-electron chi connectivity index (χ4n) is 2.77. The molecule has 0 unspecified atom stereocenters. The molecule has 2 aromatic heterocycles. The minimum absolute atomic E-state index is 0.227. The Balaban J connectivity index is 2.06. The Morgan fingerprint density at radius 3 is 2.80 bits per heavy atom. The fourth-order valence-corrected chi connectivity index (χ4v) is 3.71. The molecular formula is C21H22N6O2S. The summed E-state index contributed by atoms with van der Waals surface area (Å²) in [5.41, 5.74) is 4.08. The average Bonchev–Trinajstić information content (AvgIpc) is 2.79. The third-order valence-corrected chi connectivity index (χ3v) is 5.15. The van der Waals surface area contributed by atoms with Crippen LogP contribution in [-0.2, 0) is 0 Å². The summed E-state index contributed by atoms with van der Waals surface area (Å²) in [6.07, 6.45) is 4.97. The van der Waals surface area contributed by atoms with Gasteiger partial charge in [0.1, 0.15) is 6.33 Å². The molecular weight excluding hydrogens is 400 g/mol. The molecule has 8 nitrogen and oxygen atoms in total. The summed E-state index contributed by atoms with van der Waals surface area (Å²) in [5, 5.41) is 5.52. The van der Waals surface area contributed by atoms with E-state index in [1.165, 1.54) is 18.1 Å². The molecule has 0 fully saturated rings. The quantitative estimate of drug-likeness (QED) is 0.324. The van der Waals surface area contributed by atoms with E-state index in [0.29, 0.717) is 29.7 Å². The number of hydrogen-bond acceptors (Lipinski definition) is 7. The minimum atomic E-state index is -0.227. The van der Waals surface area contributed by atoms with E-state index in [4.69, 9.17) is 4.74 Å². The topological polar surface area (TPSA) is 101 Å². The van der Waals surface area contributed by atoms with E-state index < -0.39 is 0 Å². The molecule has 30 heavy (non-hydrogen) atoms. The van der Waals surface area contributed by atoms with E-state index in [9.17, 15) is 4.79 Å².